The number of nitriles is 1. The molecule has 0 aromatic heterocycles. The van der Waals surface area contributed by atoms with E-state index in [1.54, 1.807) is 24.3 Å². The fraction of sp³-hybridized carbons (Fsp3) is 0.273. The molecule has 0 fully saturated rings. The van der Waals surface area contributed by atoms with Crippen LogP contribution in [0.25, 0.3) is 0 Å². The fourth-order valence-electron chi connectivity index (χ4n) is 1.04. The van der Waals surface area contributed by atoms with Crippen molar-refractivity contribution in [2.75, 3.05) is 0 Å². The molecule has 1 aromatic carbocycles. The lowest BCUT2D eigenvalue weighted by molar-refractivity contribution is 0.0939. The Labute approximate surface area is 77.8 Å². The zero-order valence-electron chi connectivity index (χ0n) is 7.74. The number of rotatable bonds is 2. The number of hydrogen-bond acceptors (Lipinski definition) is 2. The highest BCUT2D eigenvalue weighted by atomic mass is 16.1. The second-order valence-corrected chi connectivity index (χ2v) is 3.21. The summed E-state index contributed by atoms with van der Waals surface area (Å²) in [5.41, 5.74) is 1.26. The highest BCUT2D eigenvalue weighted by Gasteiger charge is 2.09. The molecule has 0 heterocycles. The lowest BCUT2D eigenvalue weighted by Gasteiger charge is -2.02. The average molecular weight is 173 g/mol. The maximum Gasteiger partial charge on any atom is 0.165 e. The minimum Gasteiger partial charge on any atom is -0.294 e. The third kappa shape index (κ3) is 2.16. The van der Waals surface area contributed by atoms with E-state index in [-0.39, 0.29) is 11.7 Å². The van der Waals surface area contributed by atoms with Gasteiger partial charge in [0.15, 0.2) is 5.78 Å². The van der Waals surface area contributed by atoms with Gasteiger partial charge in [-0.2, -0.15) is 5.26 Å². The Balaban J connectivity index is 2.94. The van der Waals surface area contributed by atoms with Gasteiger partial charge in [0.25, 0.3) is 0 Å². The van der Waals surface area contributed by atoms with Crippen LogP contribution < -0.4 is 0 Å². The minimum atomic E-state index is 0.00735. The molecule has 0 radical (unpaired) electrons. The van der Waals surface area contributed by atoms with Gasteiger partial charge < -0.3 is 0 Å². The van der Waals surface area contributed by atoms with Crippen LogP contribution in [0.15, 0.2) is 24.3 Å². The zero-order valence-corrected chi connectivity index (χ0v) is 7.74. The molecule has 0 saturated heterocycles. The summed E-state index contributed by atoms with van der Waals surface area (Å²) in [5.74, 6) is 0.123. The molecule has 0 spiro atoms. The monoisotopic (exact) mass is 173 g/mol. The molecule has 2 nitrogen and oxygen atoms in total. The van der Waals surface area contributed by atoms with Crippen LogP contribution in [0.5, 0.6) is 0 Å². The van der Waals surface area contributed by atoms with Gasteiger partial charge in [-0.3, -0.25) is 4.79 Å². The summed E-state index contributed by atoms with van der Waals surface area (Å²) in [6.07, 6.45) is 0. The number of benzene rings is 1. The summed E-state index contributed by atoms with van der Waals surface area (Å²) < 4.78 is 0. The molecule has 2 heteroatoms. The third-order valence-corrected chi connectivity index (χ3v) is 1.82. The molecule has 0 amide bonds. The largest absolute Gasteiger partial charge is 0.294 e. The van der Waals surface area contributed by atoms with Gasteiger partial charge in [-0.25, -0.2) is 0 Å². The summed E-state index contributed by atoms with van der Waals surface area (Å²) in [6.45, 7) is 3.72. The summed E-state index contributed by atoms with van der Waals surface area (Å²) in [6, 6.07) is 8.73. The van der Waals surface area contributed by atoms with Crippen molar-refractivity contribution in [1.82, 2.24) is 0 Å². The maximum absolute atomic E-state index is 11.5. The second kappa shape index (κ2) is 3.86. The Hall–Kier alpha value is -1.62. The number of Topliss-reactive ketones (excluding diaryl/α,β-unsaturated/α-hetero) is 1. The first-order valence-corrected chi connectivity index (χ1v) is 4.19. The van der Waals surface area contributed by atoms with Crippen molar-refractivity contribution in [2.24, 2.45) is 5.92 Å². The van der Waals surface area contributed by atoms with Gasteiger partial charge >= 0.3 is 0 Å². The normalized spacial score (nSPS) is 9.69. The predicted octanol–water partition coefficient (Wildman–Crippen LogP) is 2.40. The van der Waals surface area contributed by atoms with E-state index in [0.717, 1.165) is 0 Å². The van der Waals surface area contributed by atoms with Crippen molar-refractivity contribution in [3.63, 3.8) is 0 Å². The van der Waals surface area contributed by atoms with Crippen molar-refractivity contribution < 1.29 is 4.79 Å². The third-order valence-electron chi connectivity index (χ3n) is 1.82. The quantitative estimate of drug-likeness (QED) is 0.644. The number of ketones is 1. The van der Waals surface area contributed by atoms with Gasteiger partial charge in [-0.1, -0.05) is 26.0 Å². The van der Waals surface area contributed by atoms with Gasteiger partial charge in [0.2, 0.25) is 0 Å². The topological polar surface area (TPSA) is 40.9 Å². The molecule has 1 rings (SSSR count). The van der Waals surface area contributed by atoms with Gasteiger partial charge in [-0.15, -0.1) is 0 Å². The maximum atomic E-state index is 11.5. The first-order chi connectivity index (χ1) is 6.15. The van der Waals surface area contributed by atoms with Gasteiger partial charge in [0, 0.05) is 11.5 Å². The smallest absolute Gasteiger partial charge is 0.165 e. The molecule has 0 aliphatic heterocycles. The molecular weight excluding hydrogens is 162 g/mol. The molecule has 13 heavy (non-hydrogen) atoms. The first kappa shape index (κ1) is 9.47. The van der Waals surface area contributed by atoms with Gasteiger partial charge in [0.05, 0.1) is 11.6 Å². The lowest BCUT2D eigenvalue weighted by atomic mass is 10.0. The molecule has 0 N–H and O–H groups in total. The van der Waals surface area contributed by atoms with Crippen molar-refractivity contribution in [2.45, 2.75) is 13.8 Å². The summed E-state index contributed by atoms with van der Waals surface area (Å²) >= 11 is 0. The Morgan fingerprint density at radius 2 is 1.85 bits per heavy atom. The molecule has 1 aromatic rings. The number of nitrogens with zero attached hydrogens (tertiary/aromatic N) is 1. The number of hydrogen-bond donors (Lipinski definition) is 0. The van der Waals surface area contributed by atoms with E-state index < -0.39 is 0 Å². The van der Waals surface area contributed by atoms with Crippen LogP contribution in [-0.4, -0.2) is 5.78 Å². The Morgan fingerprint density at radius 3 is 2.23 bits per heavy atom. The molecule has 0 unspecified atom stereocenters. The molecule has 0 saturated carbocycles. The molecule has 0 bridgehead atoms. The van der Waals surface area contributed by atoms with E-state index in [9.17, 15) is 4.79 Å². The van der Waals surface area contributed by atoms with Crippen molar-refractivity contribution in [3.05, 3.63) is 35.4 Å². The Morgan fingerprint density at radius 1 is 1.31 bits per heavy atom. The van der Waals surface area contributed by atoms with E-state index >= 15 is 0 Å². The first-order valence-electron chi connectivity index (χ1n) is 4.19. The highest BCUT2D eigenvalue weighted by Crippen LogP contribution is 2.09. The van der Waals surface area contributed by atoms with Crippen LogP contribution in [0.1, 0.15) is 29.8 Å². The molecular formula is C11H11NO. The Kier molecular flexibility index (Phi) is 2.81. The summed E-state index contributed by atoms with van der Waals surface area (Å²) in [4.78, 5) is 11.5. The van der Waals surface area contributed by atoms with E-state index in [1.165, 1.54) is 0 Å². The SMILES string of the molecule is CC(C)C(=O)c1ccc(C#N)cc1. The highest BCUT2D eigenvalue weighted by molar-refractivity contribution is 5.97. The molecule has 0 aliphatic rings. The zero-order chi connectivity index (χ0) is 9.84. The van der Waals surface area contributed by atoms with E-state index in [1.807, 2.05) is 19.9 Å². The lowest BCUT2D eigenvalue weighted by Crippen LogP contribution is -2.06. The van der Waals surface area contributed by atoms with E-state index in [2.05, 4.69) is 0 Å². The van der Waals surface area contributed by atoms with Crippen molar-refractivity contribution >= 4 is 5.78 Å². The molecule has 0 atom stereocenters. The minimum absolute atomic E-state index is 0.00735. The van der Waals surface area contributed by atoms with Crippen molar-refractivity contribution in [3.8, 4) is 6.07 Å². The van der Waals surface area contributed by atoms with Crippen LogP contribution in [0.4, 0.5) is 0 Å². The van der Waals surface area contributed by atoms with Crippen LogP contribution >= 0.6 is 0 Å². The van der Waals surface area contributed by atoms with Crippen LogP contribution in [0.2, 0.25) is 0 Å². The van der Waals surface area contributed by atoms with Gasteiger partial charge in [0.1, 0.15) is 0 Å². The van der Waals surface area contributed by atoms with Gasteiger partial charge in [-0.05, 0) is 12.1 Å². The second-order valence-electron chi connectivity index (χ2n) is 3.21. The fourth-order valence-corrected chi connectivity index (χ4v) is 1.04. The summed E-state index contributed by atoms with van der Waals surface area (Å²) in [7, 11) is 0. The van der Waals surface area contributed by atoms with Crippen LogP contribution in [0.3, 0.4) is 0 Å². The number of carbonyl (C=O) groups excluding carboxylic acids is 1. The molecule has 0 aliphatic carbocycles. The predicted molar refractivity (Wildman–Crippen MR) is 50.3 cm³/mol. The van der Waals surface area contributed by atoms with E-state index in [4.69, 9.17) is 5.26 Å². The van der Waals surface area contributed by atoms with Crippen molar-refractivity contribution in [1.29, 1.82) is 5.26 Å². The van der Waals surface area contributed by atoms with Crippen LogP contribution in [0, 0.1) is 17.2 Å². The summed E-state index contributed by atoms with van der Waals surface area (Å²) in [5, 5.41) is 8.54. The van der Waals surface area contributed by atoms with Crippen LogP contribution in [-0.2, 0) is 0 Å². The van der Waals surface area contributed by atoms with E-state index in [0.29, 0.717) is 11.1 Å². The molecule has 66 valence electrons. The standard InChI is InChI=1S/C11H11NO/c1-8(2)11(13)10-5-3-9(7-12)4-6-10/h3-6,8H,1-2H3. The Bertz CT molecular complexity index is 343. The average Bonchev–Trinajstić information content (AvgIpc) is 2.17. The number of carbonyl (C=O) groups is 1.